The lowest BCUT2D eigenvalue weighted by molar-refractivity contribution is 0.455. The average molecular weight is 268 g/mol. The van der Waals surface area contributed by atoms with Gasteiger partial charge in [-0.1, -0.05) is 12.5 Å². The van der Waals surface area contributed by atoms with E-state index in [2.05, 4.69) is 17.2 Å². The molecule has 1 aliphatic carbocycles. The number of hydrogen-bond donors (Lipinski definition) is 1. The Kier molecular flexibility index (Phi) is 4.02. The Bertz CT molecular complexity index is 487. The topological polar surface area (TPSA) is 59.1 Å². The molecular weight excluding hydrogens is 248 g/mol. The summed E-state index contributed by atoms with van der Waals surface area (Å²) in [5, 5.41) is 3.19. The highest BCUT2D eigenvalue weighted by atomic mass is 32.2. The number of nitrogens with zero attached hydrogens (tertiary/aromatic N) is 1. The molecule has 3 atom stereocenters. The van der Waals surface area contributed by atoms with Crippen LogP contribution >= 0.6 is 0 Å². The van der Waals surface area contributed by atoms with Gasteiger partial charge in [-0.3, -0.25) is 4.98 Å². The second kappa shape index (κ2) is 5.36. The van der Waals surface area contributed by atoms with Gasteiger partial charge in [-0.15, -0.1) is 0 Å². The first kappa shape index (κ1) is 13.5. The number of pyridine rings is 1. The molecule has 1 heterocycles. The third-order valence-corrected chi connectivity index (χ3v) is 5.32. The molecule has 1 fully saturated rings. The highest BCUT2D eigenvalue weighted by Crippen LogP contribution is 2.27. The minimum absolute atomic E-state index is 0.0650. The van der Waals surface area contributed by atoms with E-state index >= 15 is 0 Å². The summed E-state index contributed by atoms with van der Waals surface area (Å²) in [5.74, 6) is 0. The van der Waals surface area contributed by atoms with Crippen molar-refractivity contribution in [2.45, 2.75) is 43.5 Å². The molecule has 4 nitrogen and oxygen atoms in total. The molecule has 0 bridgehead atoms. The van der Waals surface area contributed by atoms with Gasteiger partial charge in [0.15, 0.2) is 9.84 Å². The molecule has 0 aliphatic heterocycles. The van der Waals surface area contributed by atoms with Crippen LogP contribution in [0.25, 0.3) is 0 Å². The number of hydrogen-bond acceptors (Lipinski definition) is 4. The molecule has 0 amide bonds. The number of nitrogens with one attached hydrogen (secondary N) is 1. The van der Waals surface area contributed by atoms with Crippen molar-refractivity contribution in [1.29, 1.82) is 0 Å². The van der Waals surface area contributed by atoms with E-state index < -0.39 is 9.84 Å². The largest absolute Gasteiger partial charge is 0.306 e. The summed E-state index contributed by atoms with van der Waals surface area (Å²) in [5.41, 5.74) is 1.09. The van der Waals surface area contributed by atoms with Crippen LogP contribution in [-0.4, -0.2) is 30.9 Å². The van der Waals surface area contributed by atoms with Crippen LogP contribution in [0, 0.1) is 0 Å². The van der Waals surface area contributed by atoms with Crippen molar-refractivity contribution < 1.29 is 8.42 Å². The molecular formula is C13H20N2O2S. The Labute approximate surface area is 109 Å². The fourth-order valence-electron chi connectivity index (χ4n) is 2.68. The van der Waals surface area contributed by atoms with Gasteiger partial charge in [0.05, 0.1) is 5.25 Å². The predicted molar refractivity (Wildman–Crippen MR) is 72.1 cm³/mol. The van der Waals surface area contributed by atoms with Crippen molar-refractivity contribution >= 4 is 9.84 Å². The van der Waals surface area contributed by atoms with Crippen molar-refractivity contribution in [1.82, 2.24) is 10.3 Å². The van der Waals surface area contributed by atoms with E-state index in [4.69, 9.17) is 0 Å². The van der Waals surface area contributed by atoms with Gasteiger partial charge in [0.2, 0.25) is 0 Å². The van der Waals surface area contributed by atoms with Crippen molar-refractivity contribution in [3.8, 4) is 0 Å². The number of sulfone groups is 1. The molecule has 2 unspecified atom stereocenters. The third-order valence-electron chi connectivity index (χ3n) is 3.65. The first-order valence-corrected chi connectivity index (χ1v) is 8.29. The Morgan fingerprint density at radius 2 is 2.22 bits per heavy atom. The van der Waals surface area contributed by atoms with Crippen LogP contribution in [0.4, 0.5) is 0 Å². The van der Waals surface area contributed by atoms with Crippen LogP contribution in [0.3, 0.4) is 0 Å². The lowest BCUT2D eigenvalue weighted by atomic mass is 10.1. The fraction of sp³-hybridized carbons (Fsp3) is 0.615. The van der Waals surface area contributed by atoms with E-state index in [-0.39, 0.29) is 17.3 Å². The molecule has 100 valence electrons. The minimum Gasteiger partial charge on any atom is -0.306 e. The van der Waals surface area contributed by atoms with E-state index in [0.29, 0.717) is 0 Å². The van der Waals surface area contributed by atoms with E-state index in [1.54, 1.807) is 6.20 Å². The Morgan fingerprint density at radius 1 is 1.44 bits per heavy atom. The quantitative estimate of drug-likeness (QED) is 0.903. The third kappa shape index (κ3) is 3.09. The van der Waals surface area contributed by atoms with E-state index in [1.165, 1.54) is 6.26 Å². The maximum absolute atomic E-state index is 11.7. The highest BCUT2D eigenvalue weighted by molar-refractivity contribution is 7.91. The maximum Gasteiger partial charge on any atom is 0.151 e. The average Bonchev–Trinajstić information content (AvgIpc) is 2.78. The maximum atomic E-state index is 11.7. The van der Waals surface area contributed by atoms with Gasteiger partial charge in [0.1, 0.15) is 0 Å². The molecule has 1 aromatic heterocycles. The second-order valence-electron chi connectivity index (χ2n) is 5.08. The zero-order valence-electron chi connectivity index (χ0n) is 10.8. The van der Waals surface area contributed by atoms with Crippen molar-refractivity contribution in [2.75, 3.05) is 6.26 Å². The summed E-state index contributed by atoms with van der Waals surface area (Å²) in [6.07, 6.45) is 7.59. The van der Waals surface area contributed by atoms with Gasteiger partial charge in [-0.2, -0.15) is 0 Å². The monoisotopic (exact) mass is 268 g/mol. The van der Waals surface area contributed by atoms with E-state index in [0.717, 1.165) is 24.8 Å². The molecule has 1 saturated carbocycles. The first-order valence-electron chi connectivity index (χ1n) is 6.33. The summed E-state index contributed by atoms with van der Waals surface area (Å²) < 4.78 is 23.4. The normalized spacial score (nSPS) is 26.1. The van der Waals surface area contributed by atoms with Gasteiger partial charge in [0.25, 0.3) is 0 Å². The van der Waals surface area contributed by atoms with Gasteiger partial charge in [0, 0.05) is 30.7 Å². The Morgan fingerprint density at radius 3 is 2.83 bits per heavy atom. The molecule has 1 aliphatic rings. The molecule has 0 radical (unpaired) electrons. The standard InChI is InChI=1S/C13H20N2O2S/c1-10(11-5-4-8-14-9-11)15-12-6-3-7-13(12)18(2,16)17/h4-5,8-10,12-13,15H,3,6-7H2,1-2H3/t10-,12?,13?/m1/s1. The lowest BCUT2D eigenvalue weighted by Gasteiger charge is -2.24. The van der Waals surface area contributed by atoms with Crippen LogP contribution < -0.4 is 5.32 Å². The van der Waals surface area contributed by atoms with Gasteiger partial charge in [-0.05, 0) is 31.4 Å². The van der Waals surface area contributed by atoms with Crippen LogP contribution in [0.1, 0.15) is 37.8 Å². The van der Waals surface area contributed by atoms with Gasteiger partial charge >= 0.3 is 0 Å². The van der Waals surface area contributed by atoms with Crippen LogP contribution in [0.2, 0.25) is 0 Å². The smallest absolute Gasteiger partial charge is 0.151 e. The lowest BCUT2D eigenvalue weighted by Crippen LogP contribution is -2.41. The van der Waals surface area contributed by atoms with Crippen molar-refractivity contribution in [2.24, 2.45) is 0 Å². The van der Waals surface area contributed by atoms with Crippen LogP contribution in [-0.2, 0) is 9.84 Å². The summed E-state index contributed by atoms with van der Waals surface area (Å²) in [4.78, 5) is 4.09. The molecule has 0 saturated heterocycles. The summed E-state index contributed by atoms with van der Waals surface area (Å²) >= 11 is 0. The zero-order chi connectivity index (χ0) is 13.2. The summed E-state index contributed by atoms with van der Waals surface area (Å²) in [6, 6.07) is 4.10. The zero-order valence-corrected chi connectivity index (χ0v) is 11.7. The molecule has 18 heavy (non-hydrogen) atoms. The number of rotatable bonds is 4. The van der Waals surface area contributed by atoms with Crippen LogP contribution in [0.5, 0.6) is 0 Å². The fourth-order valence-corrected chi connectivity index (χ4v) is 4.08. The van der Waals surface area contributed by atoms with Gasteiger partial charge < -0.3 is 5.32 Å². The summed E-state index contributed by atoms with van der Waals surface area (Å²) in [6.45, 7) is 2.05. The van der Waals surface area contributed by atoms with E-state index in [9.17, 15) is 8.42 Å². The molecule has 0 aromatic carbocycles. The van der Waals surface area contributed by atoms with Crippen molar-refractivity contribution in [3.63, 3.8) is 0 Å². The van der Waals surface area contributed by atoms with Gasteiger partial charge in [-0.25, -0.2) is 8.42 Å². The molecule has 5 heteroatoms. The molecule has 1 N–H and O–H groups in total. The number of aromatic nitrogens is 1. The minimum atomic E-state index is -2.96. The SMILES string of the molecule is C[C@@H](NC1CCCC1S(C)(=O)=O)c1cccnc1. The molecule has 0 spiro atoms. The second-order valence-corrected chi connectivity index (χ2v) is 7.34. The first-order chi connectivity index (χ1) is 8.48. The highest BCUT2D eigenvalue weighted by Gasteiger charge is 2.35. The van der Waals surface area contributed by atoms with Crippen LogP contribution in [0.15, 0.2) is 24.5 Å². The Hall–Kier alpha value is -0.940. The predicted octanol–water partition coefficient (Wildman–Crippen LogP) is 1.70. The van der Waals surface area contributed by atoms with Crippen molar-refractivity contribution in [3.05, 3.63) is 30.1 Å². The summed E-state index contributed by atoms with van der Waals surface area (Å²) in [7, 11) is -2.96. The Balaban J connectivity index is 2.05. The molecule has 2 rings (SSSR count). The van der Waals surface area contributed by atoms with E-state index in [1.807, 2.05) is 18.3 Å². The molecule has 1 aromatic rings.